The minimum atomic E-state index is -0.466. The van der Waals surface area contributed by atoms with Crippen LogP contribution in [0.2, 0.25) is 5.02 Å². The van der Waals surface area contributed by atoms with Crippen LogP contribution in [0.3, 0.4) is 0 Å². The summed E-state index contributed by atoms with van der Waals surface area (Å²) >= 11 is 6.06. The van der Waals surface area contributed by atoms with E-state index in [-0.39, 0.29) is 46.3 Å². The summed E-state index contributed by atoms with van der Waals surface area (Å²) in [6, 6.07) is 4.74. The highest BCUT2D eigenvalue weighted by atomic mass is 35.5. The van der Waals surface area contributed by atoms with Gasteiger partial charge in [0.05, 0.1) is 23.1 Å². The Bertz CT molecular complexity index is 817. The van der Waals surface area contributed by atoms with Crippen LogP contribution in [0.15, 0.2) is 35.5 Å². The predicted molar refractivity (Wildman–Crippen MR) is 89.9 cm³/mol. The van der Waals surface area contributed by atoms with Crippen molar-refractivity contribution in [1.82, 2.24) is 5.01 Å². The van der Waals surface area contributed by atoms with Gasteiger partial charge in [-0.05, 0) is 42.0 Å². The maximum Gasteiger partial charge on any atom is 0.308 e. The van der Waals surface area contributed by atoms with Gasteiger partial charge in [-0.15, -0.1) is 0 Å². The van der Waals surface area contributed by atoms with Gasteiger partial charge in [-0.1, -0.05) is 23.8 Å². The highest BCUT2D eigenvalue weighted by molar-refractivity contribution is 6.32. The summed E-state index contributed by atoms with van der Waals surface area (Å²) in [6.45, 7) is 1.29. The van der Waals surface area contributed by atoms with Crippen LogP contribution in [-0.2, 0) is 14.4 Å². The molecule has 0 N–H and O–H groups in total. The zero-order chi connectivity index (χ0) is 17.7. The molecule has 2 bridgehead atoms. The third-order valence-corrected chi connectivity index (χ3v) is 5.27. The van der Waals surface area contributed by atoms with Crippen molar-refractivity contribution in [2.45, 2.75) is 13.3 Å². The van der Waals surface area contributed by atoms with E-state index in [1.807, 2.05) is 12.2 Å². The minimum absolute atomic E-state index is 0.157. The van der Waals surface area contributed by atoms with Gasteiger partial charge in [-0.2, -0.15) is 10.1 Å². The van der Waals surface area contributed by atoms with Crippen molar-refractivity contribution in [1.29, 1.82) is 0 Å². The van der Waals surface area contributed by atoms with Gasteiger partial charge in [0, 0.05) is 6.92 Å². The molecule has 1 aliphatic heterocycles. The molecule has 2 amide bonds. The third-order valence-electron chi connectivity index (χ3n) is 4.98. The largest absolute Gasteiger partial charge is 0.425 e. The average Bonchev–Trinajstić information content (AvgIpc) is 3.23. The van der Waals surface area contributed by atoms with Gasteiger partial charge >= 0.3 is 5.97 Å². The standard InChI is InChI=1S/C18H15ClN2O4/c1-9(22)25-14-5-2-10(6-13(14)19)8-20-21-17(23)15-11-3-4-12(7-11)16(15)18(21)24/h2-6,8,11-12,15-16H,7H2,1H3/t11-,12-,15-,16+/m0/s1. The first-order valence-electron chi connectivity index (χ1n) is 8.04. The van der Waals surface area contributed by atoms with E-state index >= 15 is 0 Å². The Morgan fingerprint density at radius 2 is 1.88 bits per heavy atom. The van der Waals surface area contributed by atoms with Crippen LogP contribution in [0.1, 0.15) is 18.9 Å². The number of halogens is 1. The van der Waals surface area contributed by atoms with Gasteiger partial charge in [0.1, 0.15) is 5.75 Å². The molecule has 2 fully saturated rings. The molecule has 3 aliphatic rings. The molecule has 0 radical (unpaired) electrons. The van der Waals surface area contributed by atoms with Crippen LogP contribution >= 0.6 is 11.6 Å². The molecule has 4 rings (SSSR count). The summed E-state index contributed by atoms with van der Waals surface area (Å²) in [5.41, 5.74) is 0.597. The molecular weight excluding hydrogens is 344 g/mol. The lowest BCUT2D eigenvalue weighted by atomic mass is 9.85. The van der Waals surface area contributed by atoms with E-state index in [0.717, 1.165) is 11.4 Å². The van der Waals surface area contributed by atoms with E-state index in [1.165, 1.54) is 19.2 Å². The number of benzene rings is 1. The first kappa shape index (κ1) is 16.0. The number of fused-ring (bicyclic) bond motifs is 5. The number of rotatable bonds is 3. The highest BCUT2D eigenvalue weighted by Crippen LogP contribution is 2.52. The first-order chi connectivity index (χ1) is 12.0. The normalized spacial score (nSPS) is 29.8. The van der Waals surface area contributed by atoms with E-state index in [9.17, 15) is 14.4 Å². The number of esters is 1. The lowest BCUT2D eigenvalue weighted by Gasteiger charge is -2.13. The first-order valence-corrected chi connectivity index (χ1v) is 8.41. The number of hydrazone groups is 1. The molecular formula is C18H15ClN2O4. The number of ether oxygens (including phenoxy) is 1. The maximum atomic E-state index is 12.5. The number of hydrogen-bond donors (Lipinski definition) is 0. The number of allylic oxidation sites excluding steroid dienone is 2. The Balaban J connectivity index is 1.53. The quantitative estimate of drug-likeness (QED) is 0.273. The second kappa shape index (κ2) is 5.81. The second-order valence-electron chi connectivity index (χ2n) is 6.52. The molecule has 0 spiro atoms. The van der Waals surface area contributed by atoms with Crippen molar-refractivity contribution in [3.05, 3.63) is 40.9 Å². The van der Waals surface area contributed by atoms with E-state index in [1.54, 1.807) is 12.1 Å². The van der Waals surface area contributed by atoms with Gasteiger partial charge in [-0.25, -0.2) is 0 Å². The molecule has 4 atom stereocenters. The van der Waals surface area contributed by atoms with Crippen LogP contribution in [0.4, 0.5) is 0 Å². The minimum Gasteiger partial charge on any atom is -0.425 e. The fraction of sp³-hybridized carbons (Fsp3) is 0.333. The monoisotopic (exact) mass is 358 g/mol. The smallest absolute Gasteiger partial charge is 0.308 e. The van der Waals surface area contributed by atoms with Crippen molar-refractivity contribution >= 4 is 35.6 Å². The fourth-order valence-electron chi connectivity index (χ4n) is 3.96. The molecule has 1 aromatic rings. The van der Waals surface area contributed by atoms with E-state index in [0.29, 0.717) is 5.56 Å². The zero-order valence-electron chi connectivity index (χ0n) is 13.4. The zero-order valence-corrected chi connectivity index (χ0v) is 14.1. The Kier molecular flexibility index (Phi) is 3.72. The third kappa shape index (κ3) is 2.57. The highest BCUT2D eigenvalue weighted by Gasteiger charge is 2.59. The lowest BCUT2D eigenvalue weighted by Crippen LogP contribution is -2.28. The Labute approximate surface area is 149 Å². The van der Waals surface area contributed by atoms with Crippen LogP contribution in [0.5, 0.6) is 5.75 Å². The fourth-order valence-corrected chi connectivity index (χ4v) is 4.19. The Hall–Kier alpha value is -2.47. The van der Waals surface area contributed by atoms with Crippen molar-refractivity contribution in [2.24, 2.45) is 28.8 Å². The number of imide groups is 1. The Morgan fingerprint density at radius 3 is 2.44 bits per heavy atom. The number of nitrogens with zero attached hydrogens (tertiary/aromatic N) is 2. The van der Waals surface area contributed by atoms with E-state index < -0.39 is 5.97 Å². The molecule has 0 unspecified atom stereocenters. The van der Waals surface area contributed by atoms with Crippen LogP contribution in [-0.4, -0.2) is 29.0 Å². The van der Waals surface area contributed by atoms with Crippen molar-refractivity contribution in [3.63, 3.8) is 0 Å². The molecule has 1 saturated carbocycles. The molecule has 25 heavy (non-hydrogen) atoms. The van der Waals surface area contributed by atoms with Crippen molar-refractivity contribution in [3.8, 4) is 5.75 Å². The van der Waals surface area contributed by atoms with Gasteiger partial charge in [-0.3, -0.25) is 14.4 Å². The Morgan fingerprint density at radius 1 is 1.24 bits per heavy atom. The van der Waals surface area contributed by atoms with E-state index in [2.05, 4.69) is 5.10 Å². The SMILES string of the molecule is CC(=O)Oc1ccc(C=NN2C(=O)[C@@H]3[C@H](C2=O)[C@H]2C=C[C@H]3C2)cc1Cl. The summed E-state index contributed by atoms with van der Waals surface area (Å²) in [4.78, 5) is 36.0. The molecule has 7 heteroatoms. The summed E-state index contributed by atoms with van der Waals surface area (Å²) in [7, 11) is 0. The number of hydrogen-bond acceptors (Lipinski definition) is 5. The topological polar surface area (TPSA) is 76.0 Å². The predicted octanol–water partition coefficient (Wildman–Crippen LogP) is 2.41. The second-order valence-corrected chi connectivity index (χ2v) is 6.92. The molecule has 1 aromatic carbocycles. The summed E-state index contributed by atoms with van der Waals surface area (Å²) in [5.74, 6) is -0.906. The van der Waals surface area contributed by atoms with Gasteiger partial charge in [0.15, 0.2) is 0 Å². The molecule has 0 aromatic heterocycles. The van der Waals surface area contributed by atoms with E-state index in [4.69, 9.17) is 16.3 Å². The van der Waals surface area contributed by atoms with Gasteiger partial charge in [0.25, 0.3) is 11.8 Å². The van der Waals surface area contributed by atoms with Crippen molar-refractivity contribution < 1.29 is 19.1 Å². The van der Waals surface area contributed by atoms with Gasteiger partial charge in [0.2, 0.25) is 0 Å². The molecule has 1 saturated heterocycles. The maximum absolute atomic E-state index is 12.5. The van der Waals surface area contributed by atoms with Gasteiger partial charge < -0.3 is 4.74 Å². The number of carbonyl (C=O) groups is 3. The van der Waals surface area contributed by atoms with Crippen LogP contribution < -0.4 is 4.74 Å². The summed E-state index contributed by atoms with van der Waals surface area (Å²) < 4.78 is 4.95. The molecule has 1 heterocycles. The number of carbonyl (C=O) groups excluding carboxylic acids is 3. The van der Waals surface area contributed by atoms with Crippen LogP contribution in [0.25, 0.3) is 0 Å². The molecule has 2 aliphatic carbocycles. The van der Waals surface area contributed by atoms with Crippen molar-refractivity contribution in [2.75, 3.05) is 0 Å². The summed E-state index contributed by atoms with van der Waals surface area (Å²) in [6.07, 6.45) is 6.38. The molecule has 128 valence electrons. The average molecular weight is 359 g/mol. The molecule has 6 nitrogen and oxygen atoms in total. The van der Waals surface area contributed by atoms with Crippen LogP contribution in [0, 0.1) is 23.7 Å². The lowest BCUT2D eigenvalue weighted by molar-refractivity contribution is -0.140. The summed E-state index contributed by atoms with van der Waals surface area (Å²) in [5, 5.41) is 5.31. The number of amides is 2.